The van der Waals surface area contributed by atoms with Crippen LogP contribution in [0.25, 0.3) is 6.08 Å². The molecule has 1 aliphatic rings. The van der Waals surface area contributed by atoms with Crippen molar-refractivity contribution < 1.29 is 23.8 Å². The highest BCUT2D eigenvalue weighted by molar-refractivity contribution is 14.1. The molecule has 162 valence electrons. The molecule has 1 saturated heterocycles. The molecule has 0 bridgehead atoms. The van der Waals surface area contributed by atoms with Crippen molar-refractivity contribution >= 4 is 63.5 Å². The van der Waals surface area contributed by atoms with Gasteiger partial charge in [-0.1, -0.05) is 6.07 Å². The van der Waals surface area contributed by atoms with E-state index in [9.17, 15) is 9.59 Å². The number of ether oxygens (including phenoxy) is 3. The van der Waals surface area contributed by atoms with E-state index >= 15 is 0 Å². The maximum absolute atomic E-state index is 13.2. The molecule has 2 aromatic carbocycles. The molecular weight excluding hydrogens is 531 g/mol. The summed E-state index contributed by atoms with van der Waals surface area (Å²) in [5, 5.41) is 2.60. The predicted molar refractivity (Wildman–Crippen MR) is 131 cm³/mol. The summed E-state index contributed by atoms with van der Waals surface area (Å²) in [7, 11) is 1.54. The summed E-state index contributed by atoms with van der Waals surface area (Å²) in [6.45, 7) is 4.73. The van der Waals surface area contributed by atoms with Crippen molar-refractivity contribution in [3.8, 4) is 17.2 Å². The summed E-state index contributed by atoms with van der Waals surface area (Å²) in [5.74, 6) is 0.646. The van der Waals surface area contributed by atoms with Gasteiger partial charge in [0.25, 0.3) is 11.8 Å². The normalized spacial score (nSPS) is 15.2. The number of amides is 2. The lowest BCUT2D eigenvalue weighted by molar-refractivity contribution is -0.122. The highest BCUT2D eigenvalue weighted by atomic mass is 127. The van der Waals surface area contributed by atoms with E-state index < -0.39 is 11.8 Å². The van der Waals surface area contributed by atoms with E-state index in [-0.39, 0.29) is 10.7 Å². The van der Waals surface area contributed by atoms with Gasteiger partial charge in [0.15, 0.2) is 16.6 Å². The molecule has 1 fully saturated rings. The molecule has 1 aliphatic heterocycles. The number of anilines is 1. The molecule has 0 aromatic heterocycles. The number of thiocarbonyl (C=S) groups is 1. The number of carbonyl (C=O) groups excluding carboxylic acids is 2. The van der Waals surface area contributed by atoms with Crippen LogP contribution < -0.4 is 24.4 Å². The first-order chi connectivity index (χ1) is 14.9. The third kappa shape index (κ3) is 4.99. The van der Waals surface area contributed by atoms with Gasteiger partial charge in [0.1, 0.15) is 11.3 Å². The van der Waals surface area contributed by atoms with Gasteiger partial charge in [-0.05, 0) is 84.6 Å². The molecule has 9 heteroatoms. The molecule has 0 spiro atoms. The van der Waals surface area contributed by atoms with E-state index in [0.29, 0.717) is 41.7 Å². The van der Waals surface area contributed by atoms with Crippen LogP contribution in [0.3, 0.4) is 0 Å². The van der Waals surface area contributed by atoms with Gasteiger partial charge in [-0.15, -0.1) is 0 Å². The Kier molecular flexibility index (Phi) is 7.50. The van der Waals surface area contributed by atoms with Crippen LogP contribution in [0.5, 0.6) is 17.2 Å². The van der Waals surface area contributed by atoms with Crippen molar-refractivity contribution in [1.29, 1.82) is 0 Å². The van der Waals surface area contributed by atoms with E-state index in [0.717, 1.165) is 3.57 Å². The first-order valence-electron chi connectivity index (χ1n) is 9.54. The molecule has 0 aliphatic carbocycles. The molecule has 1 heterocycles. The summed E-state index contributed by atoms with van der Waals surface area (Å²) in [4.78, 5) is 27.1. The Labute approximate surface area is 199 Å². The number of hydrogen-bond acceptors (Lipinski definition) is 6. The van der Waals surface area contributed by atoms with Gasteiger partial charge < -0.3 is 14.2 Å². The van der Waals surface area contributed by atoms with Gasteiger partial charge in [-0.25, -0.2) is 0 Å². The highest BCUT2D eigenvalue weighted by Gasteiger charge is 2.34. The van der Waals surface area contributed by atoms with E-state index in [2.05, 4.69) is 27.9 Å². The van der Waals surface area contributed by atoms with Crippen molar-refractivity contribution in [1.82, 2.24) is 5.32 Å². The topological polar surface area (TPSA) is 77.1 Å². The van der Waals surface area contributed by atoms with E-state index in [4.69, 9.17) is 26.4 Å². The SMILES string of the molecule is CCOc1cccc(N2C(=O)C(=Cc3cc(I)c(OCC)c(OC)c3)C(=O)NC2=S)c1. The lowest BCUT2D eigenvalue weighted by Gasteiger charge is -2.29. The van der Waals surface area contributed by atoms with Crippen LogP contribution in [-0.2, 0) is 9.59 Å². The van der Waals surface area contributed by atoms with Crippen molar-refractivity contribution in [2.45, 2.75) is 13.8 Å². The lowest BCUT2D eigenvalue weighted by Crippen LogP contribution is -2.54. The van der Waals surface area contributed by atoms with Crippen LogP contribution >= 0.6 is 34.8 Å². The zero-order valence-electron chi connectivity index (χ0n) is 17.2. The predicted octanol–water partition coefficient (Wildman–Crippen LogP) is 3.93. The fraction of sp³-hybridized carbons (Fsp3) is 0.227. The number of rotatable bonds is 7. The molecule has 1 N–H and O–H groups in total. The molecule has 0 radical (unpaired) electrons. The van der Waals surface area contributed by atoms with Crippen molar-refractivity contribution in [3.05, 3.63) is 51.1 Å². The minimum atomic E-state index is -0.560. The van der Waals surface area contributed by atoms with E-state index in [1.807, 2.05) is 19.9 Å². The number of methoxy groups -OCH3 is 1. The average molecular weight is 552 g/mol. The van der Waals surface area contributed by atoms with Crippen LogP contribution in [0.2, 0.25) is 0 Å². The third-order valence-corrected chi connectivity index (χ3v) is 5.43. The van der Waals surface area contributed by atoms with Gasteiger partial charge in [0.05, 0.1) is 29.6 Å². The van der Waals surface area contributed by atoms with Crippen LogP contribution in [0, 0.1) is 3.57 Å². The zero-order valence-corrected chi connectivity index (χ0v) is 20.2. The summed E-state index contributed by atoms with van der Waals surface area (Å²) < 4.78 is 17.4. The van der Waals surface area contributed by atoms with Crippen LogP contribution in [0.15, 0.2) is 42.0 Å². The molecule has 0 saturated carbocycles. The average Bonchev–Trinajstić information content (AvgIpc) is 2.73. The molecule has 2 amide bonds. The fourth-order valence-electron chi connectivity index (χ4n) is 3.05. The fourth-order valence-corrected chi connectivity index (χ4v) is 4.11. The first kappa shape index (κ1) is 23.0. The number of hydrogen-bond donors (Lipinski definition) is 1. The maximum atomic E-state index is 13.2. The molecule has 3 rings (SSSR count). The van der Waals surface area contributed by atoms with Gasteiger partial charge >= 0.3 is 0 Å². The number of halogens is 1. The monoisotopic (exact) mass is 552 g/mol. The molecule has 2 aromatic rings. The molecule has 0 atom stereocenters. The van der Waals surface area contributed by atoms with Gasteiger partial charge in [-0.2, -0.15) is 0 Å². The number of nitrogens with one attached hydrogen (secondary N) is 1. The second-order valence-electron chi connectivity index (χ2n) is 6.36. The van der Waals surface area contributed by atoms with Crippen LogP contribution in [-0.4, -0.2) is 37.3 Å². The van der Waals surface area contributed by atoms with Crippen molar-refractivity contribution in [2.24, 2.45) is 0 Å². The standard InChI is InChI=1S/C22H21IN2O5S/c1-4-29-15-8-6-7-14(12-15)25-21(27)16(20(26)24-22(25)31)9-13-10-17(23)19(30-5-2)18(11-13)28-3/h6-12H,4-5H2,1-3H3,(H,24,26,31). The molecule has 31 heavy (non-hydrogen) atoms. The molecule has 0 unspecified atom stereocenters. The van der Waals surface area contributed by atoms with Crippen molar-refractivity contribution in [2.75, 3.05) is 25.2 Å². The largest absolute Gasteiger partial charge is 0.494 e. The molecule has 7 nitrogen and oxygen atoms in total. The Morgan fingerprint density at radius 1 is 1.13 bits per heavy atom. The zero-order chi connectivity index (χ0) is 22.5. The number of benzene rings is 2. The van der Waals surface area contributed by atoms with Crippen LogP contribution in [0.4, 0.5) is 5.69 Å². The Balaban J connectivity index is 2.01. The Morgan fingerprint density at radius 2 is 1.87 bits per heavy atom. The van der Waals surface area contributed by atoms with Gasteiger partial charge in [0.2, 0.25) is 0 Å². The minimum Gasteiger partial charge on any atom is -0.494 e. The second-order valence-corrected chi connectivity index (χ2v) is 7.90. The summed E-state index contributed by atoms with van der Waals surface area (Å²) in [5.41, 5.74) is 1.09. The maximum Gasteiger partial charge on any atom is 0.270 e. The number of carbonyl (C=O) groups is 2. The third-order valence-electron chi connectivity index (χ3n) is 4.34. The quantitative estimate of drug-likeness (QED) is 0.243. The highest BCUT2D eigenvalue weighted by Crippen LogP contribution is 2.35. The number of nitrogens with zero attached hydrogens (tertiary/aromatic N) is 1. The molecular formula is C22H21IN2O5S. The summed E-state index contributed by atoms with van der Waals surface area (Å²) in [6.07, 6.45) is 1.51. The minimum absolute atomic E-state index is 0.0136. The lowest BCUT2D eigenvalue weighted by atomic mass is 10.1. The first-order valence-corrected chi connectivity index (χ1v) is 11.0. The van der Waals surface area contributed by atoms with Gasteiger partial charge in [0, 0.05) is 6.07 Å². The summed E-state index contributed by atoms with van der Waals surface area (Å²) in [6, 6.07) is 10.5. The van der Waals surface area contributed by atoms with Crippen molar-refractivity contribution in [3.63, 3.8) is 0 Å². The van der Waals surface area contributed by atoms with Gasteiger partial charge in [-0.3, -0.25) is 19.8 Å². The Morgan fingerprint density at radius 3 is 2.55 bits per heavy atom. The smallest absolute Gasteiger partial charge is 0.270 e. The summed E-state index contributed by atoms with van der Waals surface area (Å²) >= 11 is 7.39. The van der Waals surface area contributed by atoms with Crippen LogP contribution in [0.1, 0.15) is 19.4 Å². The van der Waals surface area contributed by atoms with E-state index in [1.54, 1.807) is 30.3 Å². The van der Waals surface area contributed by atoms with E-state index in [1.165, 1.54) is 18.1 Å². The Hall–Kier alpha value is -2.66. The Bertz CT molecular complexity index is 1070. The second kappa shape index (κ2) is 10.1.